The number of fused-ring (bicyclic) bond motifs is 1. The summed E-state index contributed by atoms with van der Waals surface area (Å²) in [5.74, 6) is -2.20. The van der Waals surface area contributed by atoms with Gasteiger partial charge in [0, 0.05) is 25.8 Å². The second kappa shape index (κ2) is 12.0. The summed E-state index contributed by atoms with van der Waals surface area (Å²) in [6.07, 6.45) is 2.70. The fraction of sp³-hybridized carbons (Fsp3) is 0.269. The van der Waals surface area contributed by atoms with Crippen molar-refractivity contribution < 1.29 is 28.8 Å². The van der Waals surface area contributed by atoms with Gasteiger partial charge < -0.3 is 10.1 Å². The zero-order valence-electron chi connectivity index (χ0n) is 22.1. The molecule has 3 aromatic rings. The molecular formula is C26H24ClN5O8S. The molecule has 1 aliphatic rings. The molecular weight excluding hydrogens is 578 g/mol. The summed E-state index contributed by atoms with van der Waals surface area (Å²) < 4.78 is 7.73. The van der Waals surface area contributed by atoms with E-state index in [0.29, 0.717) is 34.1 Å². The van der Waals surface area contributed by atoms with Crippen LogP contribution in [0.25, 0.3) is 17.1 Å². The van der Waals surface area contributed by atoms with Crippen LogP contribution in [0.3, 0.4) is 0 Å². The Morgan fingerprint density at radius 2 is 1.80 bits per heavy atom. The Morgan fingerprint density at radius 1 is 1.12 bits per heavy atom. The van der Waals surface area contributed by atoms with Crippen molar-refractivity contribution in [3.63, 3.8) is 0 Å². The number of hydrogen-bond acceptors (Lipinski definition) is 9. The van der Waals surface area contributed by atoms with Crippen LogP contribution in [0.4, 0.5) is 16.2 Å². The number of anilines is 1. The number of rotatable bonds is 9. The minimum absolute atomic E-state index is 0.0122. The van der Waals surface area contributed by atoms with Crippen molar-refractivity contribution in [2.45, 2.75) is 19.8 Å². The van der Waals surface area contributed by atoms with Crippen LogP contribution in [0.1, 0.15) is 35.7 Å². The summed E-state index contributed by atoms with van der Waals surface area (Å²) in [5.41, 5.74) is 0.216. The molecule has 2 aromatic carbocycles. The maximum Gasteiger partial charge on any atom is 0.339 e. The number of aryl methyl sites for hydroxylation is 2. The van der Waals surface area contributed by atoms with Gasteiger partial charge in [-0.05, 0) is 48.5 Å². The van der Waals surface area contributed by atoms with Crippen LogP contribution < -0.4 is 11.0 Å². The lowest BCUT2D eigenvalue weighted by atomic mass is 10.1. The number of benzene rings is 2. The minimum atomic E-state index is -0.817. The summed E-state index contributed by atoms with van der Waals surface area (Å²) in [6.45, 7) is 1.52. The average molecular weight is 602 g/mol. The smallest absolute Gasteiger partial charge is 0.339 e. The zero-order valence-corrected chi connectivity index (χ0v) is 23.7. The molecule has 0 radical (unpaired) electrons. The van der Waals surface area contributed by atoms with E-state index in [1.54, 1.807) is 0 Å². The maximum absolute atomic E-state index is 13.0. The van der Waals surface area contributed by atoms with Crippen molar-refractivity contribution in [1.29, 1.82) is 0 Å². The molecule has 1 fully saturated rings. The number of amides is 3. The highest BCUT2D eigenvalue weighted by Gasteiger charge is 2.37. The van der Waals surface area contributed by atoms with Crippen LogP contribution in [0, 0.1) is 10.1 Å². The van der Waals surface area contributed by atoms with Crippen LogP contribution in [0.2, 0.25) is 5.02 Å². The number of carbonyl (C=O) groups excluding carboxylic acids is 4. The summed E-state index contributed by atoms with van der Waals surface area (Å²) in [4.78, 5) is 74.6. The largest absolute Gasteiger partial charge is 0.462 e. The Bertz CT molecular complexity index is 1710. The van der Waals surface area contributed by atoms with Gasteiger partial charge >= 0.3 is 11.7 Å². The molecule has 0 saturated carbocycles. The fourth-order valence-electron chi connectivity index (χ4n) is 4.09. The lowest BCUT2D eigenvalue weighted by Crippen LogP contribution is -2.36. The van der Waals surface area contributed by atoms with Crippen molar-refractivity contribution in [3.05, 3.63) is 72.0 Å². The second-order valence-corrected chi connectivity index (χ2v) is 10.5. The van der Waals surface area contributed by atoms with Gasteiger partial charge in [0.05, 0.1) is 43.6 Å². The van der Waals surface area contributed by atoms with Crippen LogP contribution in [0.15, 0.2) is 40.0 Å². The molecule has 0 spiro atoms. The van der Waals surface area contributed by atoms with Gasteiger partial charge in [0.25, 0.3) is 16.8 Å². The van der Waals surface area contributed by atoms with E-state index >= 15 is 0 Å². The molecule has 0 bridgehead atoms. The third-order valence-corrected chi connectivity index (χ3v) is 7.52. The zero-order chi connectivity index (χ0) is 30.0. The number of esters is 1. The van der Waals surface area contributed by atoms with E-state index in [9.17, 15) is 34.1 Å². The van der Waals surface area contributed by atoms with E-state index in [0.717, 1.165) is 6.42 Å². The Labute approximate surface area is 241 Å². The van der Waals surface area contributed by atoms with Crippen molar-refractivity contribution in [1.82, 2.24) is 14.0 Å². The summed E-state index contributed by atoms with van der Waals surface area (Å²) in [7, 11) is 2.99. The number of nitrogens with one attached hydrogen (secondary N) is 1. The quantitative estimate of drug-likeness (QED) is 0.125. The van der Waals surface area contributed by atoms with E-state index in [2.05, 4.69) is 5.32 Å². The number of unbranched alkanes of at least 4 members (excludes halogenated alkanes) is 1. The monoisotopic (exact) mass is 601 g/mol. The number of imide groups is 1. The molecule has 2 heterocycles. The lowest BCUT2D eigenvalue weighted by Gasteiger charge is -2.13. The van der Waals surface area contributed by atoms with E-state index in [4.69, 9.17) is 16.3 Å². The first kappa shape index (κ1) is 29.6. The molecule has 13 nitrogen and oxygen atoms in total. The Morgan fingerprint density at radius 3 is 2.46 bits per heavy atom. The van der Waals surface area contributed by atoms with Gasteiger partial charge in [-0.3, -0.25) is 38.5 Å². The number of aromatic nitrogens is 2. The minimum Gasteiger partial charge on any atom is -0.462 e. The number of halogens is 1. The van der Waals surface area contributed by atoms with E-state index in [1.807, 2.05) is 6.92 Å². The number of nitrogens with zero attached hydrogens (tertiary/aromatic N) is 4. The normalized spacial score (nSPS) is 14.2. The standard InChI is InChI=1S/C26H24ClN5O8S/c1-4-5-8-40-24(35)16-11-15(6-7-17(16)27)28-22(33)13-31-23(34)21(41-26(31)37)10-14-9-19-20(12-18(14)32(38)39)30(3)25(36)29(19)2/h6-7,9-12H,4-5,8,13H2,1-3H3,(H,28,33)/b21-10-. The second-order valence-electron chi connectivity index (χ2n) is 9.06. The molecule has 1 N–H and O–H groups in total. The first-order valence-corrected chi connectivity index (χ1v) is 13.5. The van der Waals surface area contributed by atoms with Gasteiger partial charge in [-0.1, -0.05) is 24.9 Å². The maximum atomic E-state index is 13.0. The first-order valence-electron chi connectivity index (χ1n) is 12.3. The number of carbonyl (C=O) groups is 4. The molecule has 1 aromatic heterocycles. The van der Waals surface area contributed by atoms with Crippen LogP contribution in [-0.2, 0) is 28.4 Å². The molecule has 41 heavy (non-hydrogen) atoms. The average Bonchev–Trinajstić information content (AvgIpc) is 3.30. The summed E-state index contributed by atoms with van der Waals surface area (Å²) >= 11 is 6.62. The number of nitro groups is 1. The van der Waals surface area contributed by atoms with Crippen molar-refractivity contribution in [3.8, 4) is 0 Å². The highest BCUT2D eigenvalue weighted by Crippen LogP contribution is 2.35. The number of imidazole rings is 1. The molecule has 1 saturated heterocycles. The molecule has 1 aliphatic heterocycles. The van der Waals surface area contributed by atoms with Crippen LogP contribution in [-0.4, -0.2) is 55.1 Å². The van der Waals surface area contributed by atoms with Gasteiger partial charge in [0.15, 0.2) is 0 Å². The van der Waals surface area contributed by atoms with Crippen molar-refractivity contribution in [2.24, 2.45) is 14.1 Å². The number of hydrogen-bond donors (Lipinski definition) is 1. The van der Waals surface area contributed by atoms with E-state index in [-0.39, 0.29) is 44.7 Å². The molecule has 15 heteroatoms. The molecule has 0 unspecified atom stereocenters. The highest BCUT2D eigenvalue weighted by molar-refractivity contribution is 8.18. The first-order chi connectivity index (χ1) is 19.4. The van der Waals surface area contributed by atoms with E-state index < -0.39 is 34.5 Å². The van der Waals surface area contributed by atoms with Gasteiger partial charge in [-0.2, -0.15) is 0 Å². The predicted molar refractivity (Wildman–Crippen MR) is 153 cm³/mol. The summed E-state index contributed by atoms with van der Waals surface area (Å²) in [5, 5.41) is 13.6. The van der Waals surface area contributed by atoms with Crippen LogP contribution in [0.5, 0.6) is 0 Å². The third kappa shape index (κ3) is 6.02. The molecule has 0 aliphatic carbocycles. The Hall–Kier alpha value is -4.43. The van der Waals surface area contributed by atoms with E-state index in [1.165, 1.54) is 59.6 Å². The fourth-order valence-corrected chi connectivity index (χ4v) is 5.12. The highest BCUT2D eigenvalue weighted by atomic mass is 35.5. The molecule has 3 amide bonds. The Kier molecular flexibility index (Phi) is 8.63. The summed E-state index contributed by atoms with van der Waals surface area (Å²) in [6, 6.07) is 6.79. The van der Waals surface area contributed by atoms with Gasteiger partial charge in [0.1, 0.15) is 6.54 Å². The number of thioether (sulfide) groups is 1. The molecule has 0 atom stereocenters. The van der Waals surface area contributed by atoms with Crippen molar-refractivity contribution >= 4 is 74.9 Å². The number of nitro benzene ring substituents is 1. The third-order valence-electron chi connectivity index (χ3n) is 6.28. The number of ether oxygens (including phenoxy) is 1. The lowest BCUT2D eigenvalue weighted by molar-refractivity contribution is -0.385. The van der Waals surface area contributed by atoms with Crippen LogP contribution >= 0.6 is 23.4 Å². The topological polar surface area (TPSA) is 163 Å². The van der Waals surface area contributed by atoms with Gasteiger partial charge in [-0.25, -0.2) is 9.59 Å². The van der Waals surface area contributed by atoms with Gasteiger partial charge in [0.2, 0.25) is 5.91 Å². The van der Waals surface area contributed by atoms with Gasteiger partial charge in [-0.15, -0.1) is 0 Å². The predicted octanol–water partition coefficient (Wildman–Crippen LogP) is 4.07. The SMILES string of the molecule is CCCCOC(=O)c1cc(NC(=O)CN2C(=O)S/C(=C\c3cc4c(cc3[N+](=O)[O-])n(C)c(=O)n4C)C2=O)ccc1Cl. The Balaban J connectivity index is 1.53. The van der Waals surface area contributed by atoms with Crippen molar-refractivity contribution in [2.75, 3.05) is 18.5 Å². The molecule has 4 rings (SSSR count). The molecule has 214 valence electrons.